The molecule has 0 spiro atoms. The first-order valence-corrected chi connectivity index (χ1v) is 9.04. The zero-order valence-electron chi connectivity index (χ0n) is 14.0. The van der Waals surface area contributed by atoms with Gasteiger partial charge in [-0.2, -0.15) is 0 Å². The zero-order valence-corrected chi connectivity index (χ0v) is 14.0. The third-order valence-electron chi connectivity index (χ3n) is 7.63. The van der Waals surface area contributed by atoms with E-state index in [4.69, 9.17) is 0 Å². The first-order valence-electron chi connectivity index (χ1n) is 9.04. The Morgan fingerprint density at radius 1 is 0.632 bits per heavy atom. The van der Waals surface area contributed by atoms with Crippen molar-refractivity contribution in [3.8, 4) is 0 Å². The molecule has 2 fully saturated rings. The predicted molar refractivity (Wildman–Crippen MR) is 85.4 cm³/mol. The Morgan fingerprint density at radius 3 is 1.21 bits per heavy atom. The van der Waals surface area contributed by atoms with Gasteiger partial charge in [-0.15, -0.1) is 0 Å². The second-order valence-corrected chi connectivity index (χ2v) is 8.01. The summed E-state index contributed by atoms with van der Waals surface area (Å²) in [6.45, 7) is 10.2. The van der Waals surface area contributed by atoms with Gasteiger partial charge < -0.3 is 0 Å². The minimum atomic E-state index is 0.532. The standard InChI is InChI=1S/C19H36/c1-5-18(13-9-7-10-14-18)17(3,4)19(6-2)15-11-8-12-16-19/h5-16H2,1-4H3. The molecule has 0 atom stereocenters. The molecule has 0 heteroatoms. The molecular formula is C19H36. The van der Waals surface area contributed by atoms with Crippen LogP contribution in [-0.4, -0.2) is 0 Å². The highest BCUT2D eigenvalue weighted by Gasteiger charge is 2.54. The van der Waals surface area contributed by atoms with Crippen LogP contribution in [0.2, 0.25) is 0 Å². The normalized spacial score (nSPS) is 27.2. The molecule has 2 aliphatic carbocycles. The van der Waals surface area contributed by atoms with Crippen molar-refractivity contribution < 1.29 is 0 Å². The van der Waals surface area contributed by atoms with Crippen molar-refractivity contribution in [3.05, 3.63) is 0 Å². The summed E-state index contributed by atoms with van der Waals surface area (Å²) in [5.41, 5.74) is 1.81. The Hall–Kier alpha value is 0. The van der Waals surface area contributed by atoms with E-state index in [1.54, 1.807) is 0 Å². The fourth-order valence-corrected chi connectivity index (χ4v) is 5.86. The van der Waals surface area contributed by atoms with E-state index in [9.17, 15) is 0 Å². The summed E-state index contributed by atoms with van der Waals surface area (Å²) in [6, 6.07) is 0. The van der Waals surface area contributed by atoms with Gasteiger partial charge in [0.05, 0.1) is 0 Å². The minimum absolute atomic E-state index is 0.532. The van der Waals surface area contributed by atoms with Gasteiger partial charge in [0.2, 0.25) is 0 Å². The minimum Gasteiger partial charge on any atom is -0.0648 e. The summed E-state index contributed by atoms with van der Waals surface area (Å²) in [6.07, 6.45) is 17.7. The summed E-state index contributed by atoms with van der Waals surface area (Å²) in [4.78, 5) is 0. The largest absolute Gasteiger partial charge is 0.0648 e. The summed E-state index contributed by atoms with van der Waals surface area (Å²) in [5.74, 6) is 0. The number of rotatable bonds is 4. The monoisotopic (exact) mass is 264 g/mol. The summed E-state index contributed by atoms with van der Waals surface area (Å²) >= 11 is 0. The molecule has 2 aliphatic rings. The highest BCUT2D eigenvalue weighted by Crippen LogP contribution is 2.64. The second-order valence-electron chi connectivity index (χ2n) is 8.01. The maximum absolute atomic E-state index is 2.65. The Labute approximate surface area is 121 Å². The van der Waals surface area contributed by atoms with E-state index in [1.807, 2.05) is 0 Å². The lowest BCUT2D eigenvalue weighted by Gasteiger charge is -2.60. The molecule has 0 aromatic heterocycles. The molecule has 0 nitrogen and oxygen atoms in total. The molecule has 2 rings (SSSR count). The van der Waals surface area contributed by atoms with E-state index in [0.717, 1.165) is 0 Å². The van der Waals surface area contributed by atoms with Crippen LogP contribution in [0.5, 0.6) is 0 Å². The lowest BCUT2D eigenvalue weighted by atomic mass is 9.44. The van der Waals surface area contributed by atoms with Crippen molar-refractivity contribution in [1.82, 2.24) is 0 Å². The van der Waals surface area contributed by atoms with Crippen molar-refractivity contribution >= 4 is 0 Å². The fourth-order valence-electron chi connectivity index (χ4n) is 5.86. The molecule has 2 saturated carbocycles. The Morgan fingerprint density at radius 2 is 0.947 bits per heavy atom. The summed E-state index contributed by atoms with van der Waals surface area (Å²) in [7, 11) is 0. The van der Waals surface area contributed by atoms with Gasteiger partial charge in [-0.05, 0) is 54.8 Å². The molecule has 0 bridgehead atoms. The SMILES string of the molecule is CCC1(C(C)(C)C2(CC)CCCCC2)CCCCC1. The topological polar surface area (TPSA) is 0 Å². The summed E-state index contributed by atoms with van der Waals surface area (Å²) < 4.78 is 0. The number of hydrogen-bond donors (Lipinski definition) is 0. The highest BCUT2D eigenvalue weighted by atomic mass is 14.6. The van der Waals surface area contributed by atoms with E-state index >= 15 is 0 Å². The van der Waals surface area contributed by atoms with Crippen LogP contribution >= 0.6 is 0 Å². The zero-order chi connectivity index (χ0) is 14.0. The molecule has 0 amide bonds. The molecule has 19 heavy (non-hydrogen) atoms. The van der Waals surface area contributed by atoms with Crippen LogP contribution in [0.3, 0.4) is 0 Å². The van der Waals surface area contributed by atoms with E-state index < -0.39 is 0 Å². The third-order valence-corrected chi connectivity index (χ3v) is 7.63. The van der Waals surface area contributed by atoms with E-state index in [-0.39, 0.29) is 0 Å². The van der Waals surface area contributed by atoms with Crippen LogP contribution in [0.4, 0.5) is 0 Å². The van der Waals surface area contributed by atoms with Crippen LogP contribution in [0.25, 0.3) is 0 Å². The quantitative estimate of drug-likeness (QED) is 0.528. The molecule has 112 valence electrons. The first kappa shape index (κ1) is 15.4. The van der Waals surface area contributed by atoms with Gasteiger partial charge in [0.25, 0.3) is 0 Å². The van der Waals surface area contributed by atoms with Crippen molar-refractivity contribution in [2.24, 2.45) is 16.2 Å². The fraction of sp³-hybridized carbons (Fsp3) is 1.00. The van der Waals surface area contributed by atoms with Crippen LogP contribution in [0.1, 0.15) is 105 Å². The maximum atomic E-state index is 2.65. The second kappa shape index (κ2) is 5.78. The third kappa shape index (κ3) is 2.38. The Balaban J connectivity index is 2.31. The Bertz CT molecular complexity index is 246. The lowest BCUT2D eigenvalue weighted by molar-refractivity contribution is -0.107. The maximum Gasteiger partial charge on any atom is -0.0241 e. The lowest BCUT2D eigenvalue weighted by Crippen LogP contribution is -2.51. The molecule has 0 saturated heterocycles. The van der Waals surface area contributed by atoms with Crippen molar-refractivity contribution in [2.75, 3.05) is 0 Å². The van der Waals surface area contributed by atoms with E-state index in [0.29, 0.717) is 16.2 Å². The Kier molecular flexibility index (Phi) is 4.68. The van der Waals surface area contributed by atoms with Gasteiger partial charge in [-0.3, -0.25) is 0 Å². The highest BCUT2D eigenvalue weighted by molar-refractivity contribution is 5.04. The van der Waals surface area contributed by atoms with Gasteiger partial charge in [0.15, 0.2) is 0 Å². The molecular weight excluding hydrogens is 228 g/mol. The van der Waals surface area contributed by atoms with Crippen LogP contribution in [0, 0.1) is 16.2 Å². The van der Waals surface area contributed by atoms with E-state index in [1.165, 1.54) is 77.0 Å². The van der Waals surface area contributed by atoms with E-state index in [2.05, 4.69) is 27.7 Å². The van der Waals surface area contributed by atoms with Gasteiger partial charge in [-0.1, -0.05) is 66.2 Å². The first-order chi connectivity index (χ1) is 9.04. The smallest absolute Gasteiger partial charge is 0.0241 e. The van der Waals surface area contributed by atoms with Crippen LogP contribution in [-0.2, 0) is 0 Å². The molecule has 0 aromatic rings. The predicted octanol–water partition coefficient (Wildman–Crippen LogP) is 6.73. The molecule has 0 aliphatic heterocycles. The molecule has 0 heterocycles. The van der Waals surface area contributed by atoms with Crippen molar-refractivity contribution in [2.45, 2.75) is 105 Å². The average molecular weight is 264 g/mol. The molecule has 0 unspecified atom stereocenters. The molecule has 0 radical (unpaired) electrons. The van der Waals surface area contributed by atoms with Gasteiger partial charge in [0, 0.05) is 0 Å². The van der Waals surface area contributed by atoms with Crippen molar-refractivity contribution in [3.63, 3.8) is 0 Å². The molecule has 0 N–H and O–H groups in total. The van der Waals surface area contributed by atoms with Crippen LogP contribution < -0.4 is 0 Å². The van der Waals surface area contributed by atoms with Crippen molar-refractivity contribution in [1.29, 1.82) is 0 Å². The van der Waals surface area contributed by atoms with Gasteiger partial charge in [-0.25, -0.2) is 0 Å². The average Bonchev–Trinajstić information content (AvgIpc) is 2.48. The molecule has 0 aromatic carbocycles. The number of hydrogen-bond acceptors (Lipinski definition) is 0. The van der Waals surface area contributed by atoms with Gasteiger partial charge in [0.1, 0.15) is 0 Å². The van der Waals surface area contributed by atoms with Gasteiger partial charge >= 0.3 is 0 Å². The summed E-state index contributed by atoms with van der Waals surface area (Å²) in [5, 5.41) is 0. The van der Waals surface area contributed by atoms with Crippen LogP contribution in [0.15, 0.2) is 0 Å².